The molecule has 7 heteroatoms. The monoisotopic (exact) mass is 539 g/mol. The van der Waals surface area contributed by atoms with Gasteiger partial charge in [0.25, 0.3) is 0 Å². The van der Waals surface area contributed by atoms with Gasteiger partial charge in [0.15, 0.2) is 0 Å². The van der Waals surface area contributed by atoms with Crippen molar-refractivity contribution in [1.82, 2.24) is 0 Å². The lowest BCUT2D eigenvalue weighted by molar-refractivity contribution is -0.927. The van der Waals surface area contributed by atoms with Gasteiger partial charge < -0.3 is 24.6 Å². The van der Waals surface area contributed by atoms with E-state index >= 15 is 0 Å². The van der Waals surface area contributed by atoms with E-state index in [0.717, 1.165) is 32.1 Å². The molecular weight excluding hydrogens is 482 g/mol. The number of allylic oxidation sites excluding steroid dienone is 2. The molecule has 0 aliphatic rings. The number of hydrogen-bond donors (Lipinski definition) is 2. The zero-order chi connectivity index (χ0) is 28.3. The van der Waals surface area contributed by atoms with Crippen molar-refractivity contribution < 1.29 is 34.2 Å². The summed E-state index contributed by atoms with van der Waals surface area (Å²) in [7, 11) is 0. The molecule has 7 nitrogen and oxygen atoms in total. The highest BCUT2D eigenvalue weighted by Gasteiger charge is 2.28. The maximum atomic E-state index is 11.1. The number of nitrogens with zero attached hydrogens (tertiary/aromatic N) is 1. The predicted octanol–water partition coefficient (Wildman–Crippen LogP) is 6.49. The van der Waals surface area contributed by atoms with Gasteiger partial charge in [0.1, 0.15) is 0 Å². The summed E-state index contributed by atoms with van der Waals surface area (Å²) in [5.74, 6) is -3.10. The number of carbonyl (C=O) groups is 3. The van der Waals surface area contributed by atoms with E-state index in [0.29, 0.717) is 6.54 Å². The molecule has 0 bridgehead atoms. The molecule has 0 aromatic heterocycles. The molecule has 0 heterocycles. The lowest BCUT2D eigenvalue weighted by atomic mass is 10.0. The van der Waals surface area contributed by atoms with Gasteiger partial charge in [-0.15, -0.1) is 0 Å². The molecule has 0 amide bonds. The summed E-state index contributed by atoms with van der Waals surface area (Å²) in [4.78, 5) is 33.3. The zero-order valence-corrected chi connectivity index (χ0v) is 24.3. The van der Waals surface area contributed by atoms with Crippen LogP contribution in [0, 0.1) is 0 Å². The van der Waals surface area contributed by atoms with Gasteiger partial charge in [-0.1, -0.05) is 96.1 Å². The van der Waals surface area contributed by atoms with Crippen LogP contribution in [-0.4, -0.2) is 58.8 Å². The quantitative estimate of drug-likeness (QED) is 0.0638. The molecule has 0 aliphatic heterocycles. The lowest BCUT2D eigenvalue weighted by Gasteiger charge is -2.38. The van der Waals surface area contributed by atoms with Gasteiger partial charge in [-0.05, 0) is 38.5 Å². The second-order valence-electron chi connectivity index (χ2n) is 11.0. The molecule has 222 valence electrons. The Hall–Kier alpha value is -1.89. The highest BCUT2D eigenvalue weighted by atomic mass is 16.4. The van der Waals surface area contributed by atoms with Gasteiger partial charge in [-0.2, -0.15) is 0 Å². The number of carboxylic acids is 3. The number of rotatable bonds is 29. The molecule has 0 saturated heterocycles. The third-order valence-corrected chi connectivity index (χ3v) is 7.53. The van der Waals surface area contributed by atoms with Crippen LogP contribution in [0.4, 0.5) is 0 Å². The van der Waals surface area contributed by atoms with E-state index in [4.69, 9.17) is 10.2 Å². The average Bonchev–Trinajstić information content (AvgIpc) is 2.88. The minimum absolute atomic E-state index is 0.103. The second-order valence-corrected chi connectivity index (χ2v) is 11.0. The molecule has 2 N–H and O–H groups in total. The third-order valence-electron chi connectivity index (χ3n) is 7.53. The fraction of sp³-hybridized carbons (Fsp3) is 0.839. The van der Waals surface area contributed by atoms with Crippen LogP contribution in [0.3, 0.4) is 0 Å². The van der Waals surface area contributed by atoms with Crippen LogP contribution in [0.15, 0.2) is 12.2 Å². The Bertz CT molecular complexity index is 588. The molecule has 0 spiro atoms. The van der Waals surface area contributed by atoms with Crippen LogP contribution in [-0.2, 0) is 14.4 Å². The molecular formula is C31H57NO6. The summed E-state index contributed by atoms with van der Waals surface area (Å²) in [6.07, 6.45) is 26.8. The van der Waals surface area contributed by atoms with Crippen molar-refractivity contribution in [2.24, 2.45) is 0 Å². The number of quaternary nitrogens is 1. The highest BCUT2D eigenvalue weighted by Crippen LogP contribution is 2.16. The van der Waals surface area contributed by atoms with Crippen LogP contribution in [0.2, 0.25) is 0 Å². The van der Waals surface area contributed by atoms with Crippen molar-refractivity contribution in [2.75, 3.05) is 26.2 Å². The number of aliphatic carboxylic acids is 3. The first-order valence-electron chi connectivity index (χ1n) is 15.4. The number of unbranched alkanes of at least 4 members (excludes halogenated alkanes) is 16. The zero-order valence-electron chi connectivity index (χ0n) is 24.3. The summed E-state index contributed by atoms with van der Waals surface area (Å²) >= 11 is 0. The van der Waals surface area contributed by atoms with Crippen molar-refractivity contribution in [3.8, 4) is 0 Å². The Balaban J connectivity index is 3.95. The van der Waals surface area contributed by atoms with E-state index in [9.17, 15) is 19.5 Å². The van der Waals surface area contributed by atoms with Gasteiger partial charge in [-0.3, -0.25) is 9.59 Å². The molecule has 0 fully saturated rings. The number of hydrogen-bond acceptors (Lipinski definition) is 4. The van der Waals surface area contributed by atoms with E-state index in [2.05, 4.69) is 19.1 Å². The van der Waals surface area contributed by atoms with Gasteiger partial charge in [0.05, 0.1) is 39.0 Å². The second kappa shape index (κ2) is 25.4. The van der Waals surface area contributed by atoms with Crippen LogP contribution in [0.25, 0.3) is 0 Å². The van der Waals surface area contributed by atoms with Gasteiger partial charge in [0.2, 0.25) is 0 Å². The SMILES string of the molecule is CCCCCCCCCCCCCCC/C=C/CCCCC[N+](CCC(=O)[O-])(CCC(=O)O)CCC(=O)O. The summed E-state index contributed by atoms with van der Waals surface area (Å²) in [6, 6.07) is 0. The Morgan fingerprint density at radius 1 is 0.553 bits per heavy atom. The Kier molecular flexibility index (Phi) is 24.1. The topological polar surface area (TPSA) is 115 Å². The van der Waals surface area contributed by atoms with Crippen LogP contribution >= 0.6 is 0 Å². The van der Waals surface area contributed by atoms with Crippen LogP contribution in [0.1, 0.15) is 142 Å². The lowest BCUT2D eigenvalue weighted by Crippen LogP contribution is -2.53. The van der Waals surface area contributed by atoms with E-state index in [1.54, 1.807) is 0 Å². The maximum absolute atomic E-state index is 11.1. The van der Waals surface area contributed by atoms with Crippen LogP contribution in [0.5, 0.6) is 0 Å². The molecule has 0 unspecified atom stereocenters. The molecule has 0 aromatic rings. The molecule has 0 radical (unpaired) electrons. The first kappa shape index (κ1) is 36.1. The van der Waals surface area contributed by atoms with E-state index in [1.807, 2.05) is 0 Å². The third kappa shape index (κ3) is 24.4. The van der Waals surface area contributed by atoms with E-state index < -0.39 is 17.9 Å². The van der Waals surface area contributed by atoms with Crippen molar-refractivity contribution in [3.63, 3.8) is 0 Å². The predicted molar refractivity (Wildman–Crippen MR) is 152 cm³/mol. The molecule has 38 heavy (non-hydrogen) atoms. The van der Waals surface area contributed by atoms with Gasteiger partial charge in [0, 0.05) is 12.4 Å². The highest BCUT2D eigenvalue weighted by molar-refractivity contribution is 5.67. The van der Waals surface area contributed by atoms with Crippen molar-refractivity contribution in [3.05, 3.63) is 12.2 Å². The summed E-state index contributed by atoms with van der Waals surface area (Å²) < 4.78 is 0.210. The fourth-order valence-corrected chi connectivity index (χ4v) is 5.07. The average molecular weight is 540 g/mol. The number of carbonyl (C=O) groups excluding carboxylic acids is 1. The van der Waals surface area contributed by atoms with E-state index in [1.165, 1.54) is 83.5 Å². The van der Waals surface area contributed by atoms with Gasteiger partial charge in [-0.25, -0.2) is 0 Å². The largest absolute Gasteiger partial charge is 0.550 e. The maximum Gasteiger partial charge on any atom is 0.309 e. The smallest absolute Gasteiger partial charge is 0.309 e. The summed E-state index contributed by atoms with van der Waals surface area (Å²) in [6.45, 7) is 3.56. The first-order chi connectivity index (χ1) is 18.3. The summed E-state index contributed by atoms with van der Waals surface area (Å²) in [5.41, 5.74) is 0. The summed E-state index contributed by atoms with van der Waals surface area (Å²) in [5, 5.41) is 29.2. The Morgan fingerprint density at radius 3 is 1.32 bits per heavy atom. The normalized spacial score (nSPS) is 11.8. The van der Waals surface area contributed by atoms with Crippen molar-refractivity contribution >= 4 is 17.9 Å². The number of carboxylic acid groups (broad SMARTS) is 3. The van der Waals surface area contributed by atoms with Crippen LogP contribution < -0.4 is 5.11 Å². The standard InChI is InChI=1S/C31H57NO6/c1-2-3-4-5-6-7-8-9-10-11-12-13-14-15-16-17-18-19-20-21-25-32(26-22-29(33)34,27-23-30(35)36)28-24-31(37)38/h16-17H,2-15,18-28H2,1H3,(H2-,33,34,35,36,37,38)/b17-16+. The first-order valence-corrected chi connectivity index (χ1v) is 15.4. The van der Waals surface area contributed by atoms with Crippen molar-refractivity contribution in [2.45, 2.75) is 142 Å². The minimum atomic E-state index is -1.19. The Morgan fingerprint density at radius 2 is 0.921 bits per heavy atom. The van der Waals surface area contributed by atoms with Gasteiger partial charge >= 0.3 is 11.9 Å². The molecule has 0 aromatic carbocycles. The van der Waals surface area contributed by atoms with E-state index in [-0.39, 0.29) is 43.4 Å². The minimum Gasteiger partial charge on any atom is -0.550 e. The fourth-order valence-electron chi connectivity index (χ4n) is 5.07. The van der Waals surface area contributed by atoms with Crippen molar-refractivity contribution in [1.29, 1.82) is 0 Å². The molecule has 0 aliphatic carbocycles. The molecule has 0 saturated carbocycles. The molecule has 0 rings (SSSR count). The molecule has 0 atom stereocenters. The Labute approximate surface area is 232 Å².